The van der Waals surface area contributed by atoms with E-state index in [0.717, 1.165) is 36.0 Å². The Morgan fingerprint density at radius 2 is 2.24 bits per heavy atom. The molecule has 0 spiro atoms. The first kappa shape index (κ1) is 16.4. The van der Waals surface area contributed by atoms with Crippen LogP contribution in [0.2, 0.25) is 0 Å². The highest BCUT2D eigenvalue weighted by atomic mass is 79.9. The minimum absolute atomic E-state index is 0.0912. The third-order valence-corrected chi connectivity index (χ3v) is 4.72. The van der Waals surface area contributed by atoms with Crippen LogP contribution in [0, 0.1) is 16.0 Å². The van der Waals surface area contributed by atoms with Gasteiger partial charge in [-0.15, -0.1) is 0 Å². The summed E-state index contributed by atoms with van der Waals surface area (Å²) >= 11 is 3.33. The third kappa shape index (κ3) is 3.81. The van der Waals surface area contributed by atoms with Crippen LogP contribution >= 0.6 is 15.9 Å². The Morgan fingerprint density at radius 3 is 2.90 bits per heavy atom. The van der Waals surface area contributed by atoms with Gasteiger partial charge in [-0.3, -0.25) is 15.0 Å². The number of nitrogens with zero attached hydrogens (tertiary/aromatic N) is 2. The minimum Gasteiger partial charge on any atom is -0.319 e. The summed E-state index contributed by atoms with van der Waals surface area (Å²) in [6.45, 7) is 1.86. The molecule has 0 saturated carbocycles. The van der Waals surface area contributed by atoms with Gasteiger partial charge in [-0.1, -0.05) is 22.4 Å². The summed E-state index contributed by atoms with van der Waals surface area (Å²) in [7, 11) is 4.02. The first-order valence-electron chi connectivity index (χ1n) is 7.33. The van der Waals surface area contributed by atoms with Crippen molar-refractivity contribution < 1.29 is 4.92 Å². The number of nitro groups is 1. The summed E-state index contributed by atoms with van der Waals surface area (Å²) in [6, 6.07) is 5.51. The zero-order valence-corrected chi connectivity index (χ0v) is 14.1. The highest BCUT2D eigenvalue weighted by Gasteiger charge is 2.33. The Morgan fingerprint density at radius 1 is 1.48 bits per heavy atom. The van der Waals surface area contributed by atoms with Gasteiger partial charge in [-0.25, -0.2) is 0 Å². The molecule has 1 aliphatic heterocycles. The van der Waals surface area contributed by atoms with Crippen LogP contribution < -0.4 is 5.32 Å². The number of likely N-dealkylation sites (tertiary alicyclic amines) is 1. The standard InChI is InChI=1S/C15H22BrN3O2/c1-17-10-11-5-3-4-8-18(2)15(11)13-7-6-12(16)9-14(13)19(20)21/h6-7,9,11,15,17H,3-5,8,10H2,1-2H3. The number of nitrogens with one attached hydrogen (secondary N) is 1. The summed E-state index contributed by atoms with van der Waals surface area (Å²) in [4.78, 5) is 13.4. The molecule has 1 heterocycles. The maximum atomic E-state index is 11.4. The molecule has 0 radical (unpaired) electrons. The summed E-state index contributed by atoms with van der Waals surface area (Å²) in [5.74, 6) is 0.391. The van der Waals surface area contributed by atoms with Gasteiger partial charge < -0.3 is 5.32 Å². The van der Waals surface area contributed by atoms with Gasteiger partial charge in [0.2, 0.25) is 0 Å². The number of hydrogen-bond donors (Lipinski definition) is 1. The van der Waals surface area contributed by atoms with E-state index in [2.05, 4.69) is 33.2 Å². The van der Waals surface area contributed by atoms with Crippen molar-refractivity contribution in [1.82, 2.24) is 10.2 Å². The van der Waals surface area contributed by atoms with Crippen molar-refractivity contribution in [3.8, 4) is 0 Å². The van der Waals surface area contributed by atoms with Gasteiger partial charge in [0.15, 0.2) is 0 Å². The topological polar surface area (TPSA) is 58.4 Å². The van der Waals surface area contributed by atoms with E-state index in [-0.39, 0.29) is 16.7 Å². The number of hydrogen-bond acceptors (Lipinski definition) is 4. The molecule has 0 bridgehead atoms. The van der Waals surface area contributed by atoms with E-state index in [9.17, 15) is 10.1 Å². The number of benzene rings is 1. The van der Waals surface area contributed by atoms with Crippen LogP contribution in [0.1, 0.15) is 30.9 Å². The van der Waals surface area contributed by atoms with Gasteiger partial charge in [0, 0.05) is 22.1 Å². The van der Waals surface area contributed by atoms with Crippen LogP contribution in [0.5, 0.6) is 0 Å². The molecule has 0 amide bonds. The number of nitro benzene ring substituents is 1. The summed E-state index contributed by atoms with van der Waals surface area (Å²) in [5.41, 5.74) is 1.04. The van der Waals surface area contributed by atoms with E-state index in [4.69, 9.17) is 0 Å². The zero-order chi connectivity index (χ0) is 15.4. The Labute approximate surface area is 134 Å². The van der Waals surface area contributed by atoms with Gasteiger partial charge in [-0.2, -0.15) is 0 Å². The molecular weight excluding hydrogens is 334 g/mol. The fourth-order valence-corrected chi connectivity index (χ4v) is 3.67. The van der Waals surface area contributed by atoms with Crippen molar-refractivity contribution in [2.24, 2.45) is 5.92 Å². The molecule has 2 atom stereocenters. The normalized spacial score (nSPS) is 23.8. The molecule has 2 unspecified atom stereocenters. The molecule has 1 aliphatic rings. The predicted octanol–water partition coefficient (Wildman–Crippen LogP) is 3.35. The number of rotatable bonds is 4. The maximum Gasteiger partial charge on any atom is 0.275 e. The van der Waals surface area contributed by atoms with Crippen molar-refractivity contribution in [3.63, 3.8) is 0 Å². The molecule has 2 rings (SSSR count). The average molecular weight is 356 g/mol. The van der Waals surface area contributed by atoms with E-state index < -0.39 is 0 Å². The van der Waals surface area contributed by atoms with Gasteiger partial charge in [0.1, 0.15) is 0 Å². The van der Waals surface area contributed by atoms with Crippen molar-refractivity contribution >= 4 is 21.6 Å². The molecule has 0 aromatic heterocycles. The third-order valence-electron chi connectivity index (χ3n) is 4.23. The van der Waals surface area contributed by atoms with E-state index in [1.165, 1.54) is 6.42 Å². The quantitative estimate of drug-likeness (QED) is 0.664. The van der Waals surface area contributed by atoms with Gasteiger partial charge in [-0.05, 0) is 58.1 Å². The fourth-order valence-electron chi connectivity index (χ4n) is 3.32. The molecule has 1 aromatic carbocycles. The summed E-state index contributed by atoms with van der Waals surface area (Å²) < 4.78 is 0.749. The van der Waals surface area contributed by atoms with Crippen molar-refractivity contribution in [2.75, 3.05) is 27.2 Å². The molecular formula is C15H22BrN3O2. The summed E-state index contributed by atoms with van der Waals surface area (Å²) in [6.07, 6.45) is 3.43. The molecule has 21 heavy (non-hydrogen) atoms. The maximum absolute atomic E-state index is 11.4. The number of halogens is 1. The molecule has 116 valence electrons. The smallest absolute Gasteiger partial charge is 0.275 e. The lowest BCUT2D eigenvalue weighted by atomic mass is 9.88. The molecule has 6 heteroatoms. The highest BCUT2D eigenvalue weighted by Crippen LogP contribution is 2.39. The van der Waals surface area contributed by atoms with Crippen LogP contribution in [0.15, 0.2) is 22.7 Å². The van der Waals surface area contributed by atoms with Crippen LogP contribution in [0.3, 0.4) is 0 Å². The van der Waals surface area contributed by atoms with Gasteiger partial charge >= 0.3 is 0 Å². The summed E-state index contributed by atoms with van der Waals surface area (Å²) in [5, 5.41) is 14.7. The van der Waals surface area contributed by atoms with Crippen LogP contribution in [-0.4, -0.2) is 37.0 Å². The van der Waals surface area contributed by atoms with E-state index in [1.807, 2.05) is 19.2 Å². The monoisotopic (exact) mass is 355 g/mol. The first-order chi connectivity index (χ1) is 10.0. The lowest BCUT2D eigenvalue weighted by Crippen LogP contribution is -2.34. The van der Waals surface area contributed by atoms with Crippen LogP contribution in [0.25, 0.3) is 0 Å². The molecule has 1 fully saturated rings. The average Bonchev–Trinajstić information content (AvgIpc) is 2.61. The van der Waals surface area contributed by atoms with Gasteiger partial charge in [0.25, 0.3) is 5.69 Å². The van der Waals surface area contributed by atoms with Crippen LogP contribution in [0.4, 0.5) is 5.69 Å². The van der Waals surface area contributed by atoms with E-state index in [1.54, 1.807) is 6.07 Å². The predicted molar refractivity (Wildman–Crippen MR) is 87.4 cm³/mol. The largest absolute Gasteiger partial charge is 0.319 e. The fraction of sp³-hybridized carbons (Fsp3) is 0.600. The Bertz CT molecular complexity index is 510. The zero-order valence-electron chi connectivity index (χ0n) is 12.5. The lowest BCUT2D eigenvalue weighted by molar-refractivity contribution is -0.386. The van der Waals surface area contributed by atoms with Crippen LogP contribution in [-0.2, 0) is 0 Å². The first-order valence-corrected chi connectivity index (χ1v) is 8.12. The minimum atomic E-state index is -0.269. The van der Waals surface area contributed by atoms with Crippen molar-refractivity contribution in [1.29, 1.82) is 0 Å². The second kappa shape index (κ2) is 7.33. The van der Waals surface area contributed by atoms with Crippen molar-refractivity contribution in [3.05, 3.63) is 38.3 Å². The Kier molecular flexibility index (Phi) is 5.72. The molecule has 0 aliphatic carbocycles. The molecule has 1 N–H and O–H groups in total. The SMILES string of the molecule is CNCC1CCCCN(C)C1c1ccc(Br)cc1[N+](=O)[O-]. The van der Waals surface area contributed by atoms with Crippen molar-refractivity contribution in [2.45, 2.75) is 25.3 Å². The lowest BCUT2D eigenvalue weighted by Gasteiger charge is -2.32. The van der Waals surface area contributed by atoms with Gasteiger partial charge in [0.05, 0.1) is 4.92 Å². The Balaban J connectivity index is 2.45. The molecule has 5 nitrogen and oxygen atoms in total. The molecule has 1 saturated heterocycles. The second-order valence-electron chi connectivity index (χ2n) is 5.70. The van der Waals surface area contributed by atoms with E-state index in [0.29, 0.717) is 5.92 Å². The van der Waals surface area contributed by atoms with E-state index >= 15 is 0 Å². The Hall–Kier alpha value is -0.980. The molecule has 1 aromatic rings. The highest BCUT2D eigenvalue weighted by molar-refractivity contribution is 9.10. The second-order valence-corrected chi connectivity index (χ2v) is 6.61.